The average molecular weight is 300 g/mol. The highest BCUT2D eigenvalue weighted by Crippen LogP contribution is 2.23. The molecule has 2 atom stereocenters. The Bertz CT molecular complexity index is 600. The molecule has 1 aliphatic heterocycles. The number of hydrogen-bond donors (Lipinski definition) is 1. The molecule has 1 fully saturated rings. The van der Waals surface area contributed by atoms with Gasteiger partial charge in [0.2, 0.25) is 5.91 Å². The van der Waals surface area contributed by atoms with E-state index in [1.54, 1.807) is 6.20 Å². The maximum absolute atomic E-state index is 11.9. The fraction of sp³-hybridized carbons (Fsp3) is 0.375. The van der Waals surface area contributed by atoms with E-state index in [1.807, 2.05) is 47.3 Å². The number of primary amides is 1. The number of carbonyl (C=O) groups excluding carboxylic acids is 1. The zero-order valence-electron chi connectivity index (χ0n) is 12.3. The van der Waals surface area contributed by atoms with E-state index < -0.39 is 6.04 Å². The van der Waals surface area contributed by atoms with Crippen LogP contribution in [0.3, 0.4) is 0 Å². The Hall–Kier alpha value is -2.18. The minimum atomic E-state index is -0.412. The van der Waals surface area contributed by atoms with E-state index in [2.05, 4.69) is 10.00 Å². The normalized spacial score (nSPS) is 20.6. The molecule has 0 spiro atoms. The SMILES string of the molecule is NC(=O)[C@@H](c1ccccc1)N1CCO[C@@H](Cn2cccn2)C1. The highest BCUT2D eigenvalue weighted by Gasteiger charge is 2.31. The molecule has 3 rings (SSSR count). The van der Waals surface area contributed by atoms with Gasteiger partial charge in [-0.25, -0.2) is 0 Å². The quantitative estimate of drug-likeness (QED) is 0.887. The van der Waals surface area contributed by atoms with Gasteiger partial charge in [-0.3, -0.25) is 14.4 Å². The number of nitrogens with two attached hydrogens (primary N) is 1. The molecule has 116 valence electrons. The zero-order valence-corrected chi connectivity index (χ0v) is 12.3. The second-order valence-corrected chi connectivity index (χ2v) is 5.43. The molecule has 1 amide bonds. The summed E-state index contributed by atoms with van der Waals surface area (Å²) in [7, 11) is 0. The van der Waals surface area contributed by atoms with Crippen molar-refractivity contribution in [1.82, 2.24) is 14.7 Å². The Morgan fingerprint density at radius 2 is 2.18 bits per heavy atom. The molecule has 0 radical (unpaired) electrons. The number of rotatable bonds is 5. The number of ether oxygens (including phenoxy) is 1. The first-order chi connectivity index (χ1) is 10.7. The topological polar surface area (TPSA) is 73.4 Å². The third kappa shape index (κ3) is 3.35. The van der Waals surface area contributed by atoms with Crippen molar-refractivity contribution in [3.63, 3.8) is 0 Å². The number of aromatic nitrogens is 2. The summed E-state index contributed by atoms with van der Waals surface area (Å²) in [5.41, 5.74) is 6.57. The minimum absolute atomic E-state index is 0.000729. The van der Waals surface area contributed by atoms with E-state index in [0.717, 1.165) is 5.56 Å². The lowest BCUT2D eigenvalue weighted by molar-refractivity contribution is -0.127. The fourth-order valence-corrected chi connectivity index (χ4v) is 2.89. The van der Waals surface area contributed by atoms with Crippen molar-refractivity contribution >= 4 is 5.91 Å². The number of benzene rings is 1. The molecule has 0 aliphatic carbocycles. The summed E-state index contributed by atoms with van der Waals surface area (Å²) in [6, 6.07) is 11.1. The Balaban J connectivity index is 1.73. The van der Waals surface area contributed by atoms with Crippen molar-refractivity contribution in [2.24, 2.45) is 5.73 Å². The van der Waals surface area contributed by atoms with E-state index in [0.29, 0.717) is 26.2 Å². The van der Waals surface area contributed by atoms with Gasteiger partial charge in [0.15, 0.2) is 0 Å². The monoisotopic (exact) mass is 300 g/mol. The molecule has 0 saturated carbocycles. The van der Waals surface area contributed by atoms with Crippen LogP contribution in [-0.4, -0.2) is 46.4 Å². The maximum Gasteiger partial charge on any atom is 0.239 e. The molecule has 6 nitrogen and oxygen atoms in total. The lowest BCUT2D eigenvalue weighted by Crippen LogP contribution is -2.49. The molecule has 2 N–H and O–H groups in total. The molecule has 0 bridgehead atoms. The predicted molar refractivity (Wildman–Crippen MR) is 81.9 cm³/mol. The van der Waals surface area contributed by atoms with E-state index >= 15 is 0 Å². The minimum Gasteiger partial charge on any atom is -0.374 e. The van der Waals surface area contributed by atoms with Gasteiger partial charge in [0, 0.05) is 25.5 Å². The van der Waals surface area contributed by atoms with Gasteiger partial charge in [-0.1, -0.05) is 30.3 Å². The van der Waals surface area contributed by atoms with E-state index in [4.69, 9.17) is 10.5 Å². The summed E-state index contributed by atoms with van der Waals surface area (Å²) in [5.74, 6) is -0.328. The standard InChI is InChI=1S/C16H20N4O2/c17-16(21)15(13-5-2-1-3-6-13)19-9-10-22-14(11-19)12-20-8-4-7-18-20/h1-8,14-15H,9-12H2,(H2,17,21)/t14-,15-/m1/s1. The van der Waals surface area contributed by atoms with Crippen molar-refractivity contribution in [3.05, 3.63) is 54.4 Å². The van der Waals surface area contributed by atoms with Crippen LogP contribution in [0.1, 0.15) is 11.6 Å². The Morgan fingerprint density at radius 3 is 2.86 bits per heavy atom. The Kier molecular flexibility index (Phi) is 4.50. The summed E-state index contributed by atoms with van der Waals surface area (Å²) in [6.45, 7) is 2.60. The van der Waals surface area contributed by atoms with Crippen LogP contribution in [-0.2, 0) is 16.1 Å². The van der Waals surface area contributed by atoms with Gasteiger partial charge in [-0.15, -0.1) is 0 Å². The smallest absolute Gasteiger partial charge is 0.239 e. The molecule has 6 heteroatoms. The summed E-state index contributed by atoms with van der Waals surface area (Å²) < 4.78 is 7.64. The van der Waals surface area contributed by atoms with Crippen molar-refractivity contribution < 1.29 is 9.53 Å². The Morgan fingerprint density at radius 1 is 1.36 bits per heavy atom. The summed E-state index contributed by atoms with van der Waals surface area (Å²) in [5, 5.41) is 4.20. The number of nitrogens with zero attached hydrogens (tertiary/aromatic N) is 3. The van der Waals surface area contributed by atoms with Gasteiger partial charge in [0.05, 0.1) is 19.3 Å². The molecule has 22 heavy (non-hydrogen) atoms. The molecule has 0 unspecified atom stereocenters. The molecule has 2 aromatic rings. The van der Waals surface area contributed by atoms with Gasteiger partial charge in [0.25, 0.3) is 0 Å². The summed E-state index contributed by atoms with van der Waals surface area (Å²) in [6.07, 6.45) is 3.65. The number of carbonyl (C=O) groups is 1. The highest BCUT2D eigenvalue weighted by molar-refractivity contribution is 5.81. The first kappa shape index (κ1) is 14.7. The molecule has 1 aromatic heterocycles. The molecule has 1 aromatic carbocycles. The summed E-state index contributed by atoms with van der Waals surface area (Å²) in [4.78, 5) is 14.0. The zero-order chi connectivity index (χ0) is 15.4. The highest BCUT2D eigenvalue weighted by atomic mass is 16.5. The first-order valence-electron chi connectivity index (χ1n) is 7.41. The van der Waals surface area contributed by atoms with E-state index in [1.165, 1.54) is 0 Å². The van der Waals surface area contributed by atoms with Crippen molar-refractivity contribution in [3.8, 4) is 0 Å². The van der Waals surface area contributed by atoms with Crippen molar-refractivity contribution in [2.75, 3.05) is 19.7 Å². The molecular formula is C16H20N4O2. The van der Waals surface area contributed by atoms with E-state index in [9.17, 15) is 4.79 Å². The Labute approximate surface area is 129 Å². The number of morpholine rings is 1. The third-order valence-electron chi connectivity index (χ3n) is 3.87. The average Bonchev–Trinajstić information content (AvgIpc) is 3.01. The largest absolute Gasteiger partial charge is 0.374 e. The second-order valence-electron chi connectivity index (χ2n) is 5.43. The molecular weight excluding hydrogens is 280 g/mol. The third-order valence-corrected chi connectivity index (χ3v) is 3.87. The van der Waals surface area contributed by atoms with Crippen molar-refractivity contribution in [2.45, 2.75) is 18.7 Å². The lowest BCUT2D eigenvalue weighted by atomic mass is 10.0. The first-order valence-corrected chi connectivity index (χ1v) is 7.41. The number of hydrogen-bond acceptors (Lipinski definition) is 4. The van der Waals surface area contributed by atoms with Crippen molar-refractivity contribution in [1.29, 1.82) is 0 Å². The van der Waals surface area contributed by atoms with Crippen LogP contribution < -0.4 is 5.73 Å². The van der Waals surface area contributed by atoms with Crippen LogP contribution in [0, 0.1) is 0 Å². The van der Waals surface area contributed by atoms with Crippen LogP contribution in [0.15, 0.2) is 48.8 Å². The predicted octanol–water partition coefficient (Wildman–Crippen LogP) is 0.810. The van der Waals surface area contributed by atoms with Crippen LogP contribution in [0.4, 0.5) is 0 Å². The van der Waals surface area contributed by atoms with Gasteiger partial charge in [0.1, 0.15) is 6.04 Å². The molecule has 2 heterocycles. The van der Waals surface area contributed by atoms with Crippen LogP contribution in [0.25, 0.3) is 0 Å². The summed E-state index contributed by atoms with van der Waals surface area (Å²) >= 11 is 0. The molecule has 1 aliphatic rings. The van der Waals surface area contributed by atoms with Gasteiger partial charge < -0.3 is 10.5 Å². The fourth-order valence-electron chi connectivity index (χ4n) is 2.89. The van der Waals surface area contributed by atoms with Crippen LogP contribution >= 0.6 is 0 Å². The van der Waals surface area contributed by atoms with Crippen LogP contribution in [0.5, 0.6) is 0 Å². The van der Waals surface area contributed by atoms with Gasteiger partial charge in [-0.2, -0.15) is 5.10 Å². The maximum atomic E-state index is 11.9. The van der Waals surface area contributed by atoms with Gasteiger partial charge in [-0.05, 0) is 11.6 Å². The molecule has 1 saturated heterocycles. The van der Waals surface area contributed by atoms with Gasteiger partial charge >= 0.3 is 0 Å². The lowest BCUT2D eigenvalue weighted by Gasteiger charge is -2.37. The van der Waals surface area contributed by atoms with E-state index in [-0.39, 0.29) is 12.0 Å². The number of amides is 1. The van der Waals surface area contributed by atoms with Crippen LogP contribution in [0.2, 0.25) is 0 Å². The second kappa shape index (κ2) is 6.72.